The molecule has 4 N–H and O–H groups in total. The number of hydrogen-bond acceptors (Lipinski definition) is 5. The van der Waals surface area contributed by atoms with E-state index in [2.05, 4.69) is 0 Å². The molecule has 10 heteroatoms. The number of amidine groups is 1. The number of carboxylic acids is 1. The number of sulfonamides is 1. The van der Waals surface area contributed by atoms with Crippen molar-refractivity contribution in [2.45, 2.75) is 24.7 Å². The Labute approximate surface area is 210 Å². The Hall–Kier alpha value is -3.76. The molecule has 36 heavy (non-hydrogen) atoms. The van der Waals surface area contributed by atoms with Crippen molar-refractivity contribution in [1.82, 2.24) is 9.21 Å². The molecule has 0 unspecified atom stereocenters. The summed E-state index contributed by atoms with van der Waals surface area (Å²) in [4.78, 5) is 23.6. The maximum Gasteiger partial charge on any atom is 0.300 e. The van der Waals surface area contributed by atoms with Crippen molar-refractivity contribution in [2.24, 2.45) is 5.73 Å². The largest absolute Gasteiger partial charge is 0.481 e. The van der Waals surface area contributed by atoms with E-state index in [9.17, 15) is 13.2 Å². The zero-order valence-electron chi connectivity index (χ0n) is 20.1. The molecule has 190 valence electrons. The molecule has 4 rings (SSSR count). The Balaban J connectivity index is 0.000000840. The van der Waals surface area contributed by atoms with E-state index >= 15 is 0 Å². The van der Waals surface area contributed by atoms with E-state index < -0.39 is 16.0 Å². The second kappa shape index (κ2) is 11.8. The number of carbonyl (C=O) groups is 2. The second-order valence-corrected chi connectivity index (χ2v) is 10.4. The standard InChI is InChI=1S/C24H26N4O3S.C2H4O2/c25-24(26)20-8-5-18(6-9-20)7-12-23(29)27-13-15-28(16-14-27)32(30,31)22-11-10-19-3-1-2-4-21(19)17-22;1-2(3)4/h1-6,8-11,17H,7,12-16H2,(H3,25,26);1H3,(H,3,4). The molecule has 1 heterocycles. The molecule has 0 saturated carbocycles. The van der Waals surface area contributed by atoms with Crippen molar-refractivity contribution < 1.29 is 23.1 Å². The molecule has 0 aliphatic carbocycles. The van der Waals surface area contributed by atoms with Crippen LogP contribution in [0.3, 0.4) is 0 Å². The highest BCUT2D eigenvalue weighted by Crippen LogP contribution is 2.23. The van der Waals surface area contributed by atoms with Crippen LogP contribution in [-0.4, -0.2) is 66.6 Å². The number of hydrogen-bond donors (Lipinski definition) is 3. The first-order valence-corrected chi connectivity index (χ1v) is 12.9. The normalized spacial score (nSPS) is 14.1. The molecule has 0 radical (unpaired) electrons. The van der Waals surface area contributed by atoms with Crippen LogP contribution in [0.5, 0.6) is 0 Å². The highest BCUT2D eigenvalue weighted by molar-refractivity contribution is 7.89. The number of aliphatic carboxylic acids is 1. The Morgan fingerprint density at radius 1 is 0.944 bits per heavy atom. The van der Waals surface area contributed by atoms with E-state index in [4.69, 9.17) is 21.0 Å². The summed E-state index contributed by atoms with van der Waals surface area (Å²) in [6, 6.07) is 20.1. The Kier molecular flexibility index (Phi) is 8.78. The fourth-order valence-corrected chi connectivity index (χ4v) is 5.37. The number of rotatable bonds is 6. The van der Waals surface area contributed by atoms with E-state index in [0.29, 0.717) is 31.5 Å². The number of nitrogens with one attached hydrogen (secondary N) is 1. The van der Waals surface area contributed by atoms with Gasteiger partial charge in [-0.05, 0) is 34.9 Å². The van der Waals surface area contributed by atoms with Crippen LogP contribution < -0.4 is 5.73 Å². The average molecular weight is 511 g/mol. The quantitative estimate of drug-likeness (QED) is 0.343. The summed E-state index contributed by atoms with van der Waals surface area (Å²) in [6.45, 7) is 2.42. The molecule has 1 amide bonds. The van der Waals surface area contributed by atoms with Gasteiger partial charge in [0.25, 0.3) is 5.97 Å². The number of nitrogens with zero attached hydrogens (tertiary/aromatic N) is 2. The number of piperazine rings is 1. The molecule has 9 nitrogen and oxygen atoms in total. The number of aryl methyl sites for hydroxylation is 1. The molecule has 1 saturated heterocycles. The van der Waals surface area contributed by atoms with Gasteiger partial charge in [0.15, 0.2) is 0 Å². The number of nitrogens with two attached hydrogens (primary N) is 1. The molecule has 0 bridgehead atoms. The Bertz CT molecular complexity index is 1340. The molecule has 1 aliphatic rings. The second-order valence-electron chi connectivity index (χ2n) is 8.42. The van der Waals surface area contributed by atoms with Gasteiger partial charge in [-0.3, -0.25) is 15.0 Å². The van der Waals surface area contributed by atoms with Gasteiger partial charge in [0.1, 0.15) is 5.84 Å². The van der Waals surface area contributed by atoms with Crippen LogP contribution in [0.1, 0.15) is 24.5 Å². The van der Waals surface area contributed by atoms with Gasteiger partial charge in [-0.1, -0.05) is 54.6 Å². The lowest BCUT2D eigenvalue weighted by molar-refractivity contribution is -0.134. The van der Waals surface area contributed by atoms with E-state index in [1.54, 1.807) is 29.2 Å². The van der Waals surface area contributed by atoms with Crippen molar-refractivity contribution in [3.63, 3.8) is 0 Å². The number of carbonyl (C=O) groups excluding carboxylic acids is 1. The molecule has 0 spiro atoms. The van der Waals surface area contributed by atoms with Crippen LogP contribution in [0.15, 0.2) is 71.6 Å². The first kappa shape index (κ1) is 26.8. The number of nitrogen functional groups attached to an aromatic ring is 1. The molecule has 0 atom stereocenters. The van der Waals surface area contributed by atoms with Gasteiger partial charge in [-0.25, -0.2) is 8.42 Å². The van der Waals surface area contributed by atoms with Crippen LogP contribution in [0, 0.1) is 5.41 Å². The van der Waals surface area contributed by atoms with Gasteiger partial charge in [0.05, 0.1) is 4.90 Å². The predicted octanol–water partition coefficient (Wildman–Crippen LogP) is 2.68. The van der Waals surface area contributed by atoms with Crippen molar-refractivity contribution in [3.8, 4) is 0 Å². The molecular formula is C26H30N4O5S. The topological polar surface area (TPSA) is 145 Å². The minimum Gasteiger partial charge on any atom is -0.481 e. The number of benzene rings is 3. The van der Waals surface area contributed by atoms with Crippen molar-refractivity contribution in [1.29, 1.82) is 5.41 Å². The lowest BCUT2D eigenvalue weighted by Crippen LogP contribution is -2.50. The van der Waals surface area contributed by atoms with Crippen LogP contribution in [0.4, 0.5) is 0 Å². The van der Waals surface area contributed by atoms with Crippen LogP contribution in [0.2, 0.25) is 0 Å². The smallest absolute Gasteiger partial charge is 0.300 e. The SMILES string of the molecule is CC(=O)O.N=C(N)c1ccc(CCC(=O)N2CCN(S(=O)(=O)c3ccc4ccccc4c3)CC2)cc1. The third kappa shape index (κ3) is 6.89. The molecular weight excluding hydrogens is 480 g/mol. The summed E-state index contributed by atoms with van der Waals surface area (Å²) in [5.74, 6) is -0.799. The maximum atomic E-state index is 13.1. The fraction of sp³-hybridized carbons (Fsp3) is 0.269. The van der Waals surface area contributed by atoms with Gasteiger partial charge in [-0.15, -0.1) is 0 Å². The molecule has 1 fully saturated rings. The predicted molar refractivity (Wildman–Crippen MR) is 138 cm³/mol. The number of amides is 1. The van der Waals surface area contributed by atoms with Crippen LogP contribution in [-0.2, 0) is 26.0 Å². The Morgan fingerprint density at radius 3 is 2.11 bits per heavy atom. The van der Waals surface area contributed by atoms with Gasteiger partial charge >= 0.3 is 0 Å². The van der Waals surface area contributed by atoms with Crippen LogP contribution in [0.25, 0.3) is 10.8 Å². The lowest BCUT2D eigenvalue weighted by atomic mass is 10.1. The third-order valence-corrected chi connectivity index (χ3v) is 7.74. The van der Waals surface area contributed by atoms with E-state index in [-0.39, 0.29) is 29.7 Å². The summed E-state index contributed by atoms with van der Waals surface area (Å²) < 4.78 is 27.6. The summed E-state index contributed by atoms with van der Waals surface area (Å²) in [5, 5.41) is 16.7. The summed E-state index contributed by atoms with van der Waals surface area (Å²) >= 11 is 0. The summed E-state index contributed by atoms with van der Waals surface area (Å²) in [5.41, 5.74) is 7.12. The van der Waals surface area contributed by atoms with Crippen molar-refractivity contribution >= 4 is 38.5 Å². The number of carboxylic acid groups (broad SMARTS) is 1. The molecule has 3 aromatic rings. The molecule has 1 aliphatic heterocycles. The maximum absolute atomic E-state index is 13.1. The van der Waals surface area contributed by atoms with Crippen molar-refractivity contribution in [2.75, 3.05) is 26.2 Å². The fourth-order valence-electron chi connectivity index (χ4n) is 3.92. The van der Waals surface area contributed by atoms with Gasteiger partial charge in [-0.2, -0.15) is 4.31 Å². The highest BCUT2D eigenvalue weighted by atomic mass is 32.2. The van der Waals surface area contributed by atoms with Crippen molar-refractivity contribution in [3.05, 3.63) is 77.9 Å². The minimum absolute atomic E-state index is 0.0170. The zero-order chi connectivity index (χ0) is 26.3. The lowest BCUT2D eigenvalue weighted by Gasteiger charge is -2.34. The summed E-state index contributed by atoms with van der Waals surface area (Å²) in [6.07, 6.45) is 0.948. The first-order valence-electron chi connectivity index (χ1n) is 11.5. The van der Waals surface area contributed by atoms with Gasteiger partial charge in [0.2, 0.25) is 15.9 Å². The first-order chi connectivity index (χ1) is 17.1. The highest BCUT2D eigenvalue weighted by Gasteiger charge is 2.30. The molecule has 3 aromatic carbocycles. The minimum atomic E-state index is -3.60. The molecule has 0 aromatic heterocycles. The third-order valence-electron chi connectivity index (χ3n) is 5.84. The average Bonchev–Trinajstić information content (AvgIpc) is 2.87. The summed E-state index contributed by atoms with van der Waals surface area (Å²) in [7, 11) is -3.60. The van der Waals surface area contributed by atoms with E-state index in [0.717, 1.165) is 23.3 Å². The van der Waals surface area contributed by atoms with Gasteiger partial charge in [0, 0.05) is 45.1 Å². The Morgan fingerprint density at radius 2 is 1.53 bits per heavy atom. The van der Waals surface area contributed by atoms with Crippen LogP contribution >= 0.6 is 0 Å². The van der Waals surface area contributed by atoms with Gasteiger partial charge < -0.3 is 15.7 Å². The van der Waals surface area contributed by atoms with E-state index in [1.165, 1.54) is 4.31 Å². The number of fused-ring (bicyclic) bond motifs is 1. The monoisotopic (exact) mass is 510 g/mol. The zero-order valence-corrected chi connectivity index (χ0v) is 20.9. The van der Waals surface area contributed by atoms with E-state index in [1.807, 2.05) is 42.5 Å².